The van der Waals surface area contributed by atoms with Crippen molar-refractivity contribution in [3.8, 4) is 22.0 Å². The lowest BCUT2D eigenvalue weighted by atomic mass is 10.1. The highest BCUT2D eigenvalue weighted by Gasteiger charge is 2.20. The maximum Gasteiger partial charge on any atom is 0.439 e. The van der Waals surface area contributed by atoms with Gasteiger partial charge in [0.15, 0.2) is 11.5 Å². The normalized spacial score (nSPS) is 11.2. The molecular formula is C21H16N6O3S. The van der Waals surface area contributed by atoms with Crippen LogP contribution >= 0.6 is 11.3 Å². The van der Waals surface area contributed by atoms with E-state index < -0.39 is 5.76 Å². The molecule has 0 saturated heterocycles. The van der Waals surface area contributed by atoms with Crippen molar-refractivity contribution in [2.45, 2.75) is 6.92 Å². The van der Waals surface area contributed by atoms with Gasteiger partial charge in [0.25, 0.3) is 5.91 Å². The first-order valence-electron chi connectivity index (χ1n) is 9.35. The van der Waals surface area contributed by atoms with E-state index >= 15 is 0 Å². The maximum atomic E-state index is 13.3. The second-order valence-corrected chi connectivity index (χ2v) is 7.87. The van der Waals surface area contributed by atoms with Crippen LogP contribution in [0.1, 0.15) is 16.1 Å². The quantitative estimate of drug-likeness (QED) is 0.448. The summed E-state index contributed by atoms with van der Waals surface area (Å²) >= 11 is 1.55. The highest BCUT2D eigenvalue weighted by Crippen LogP contribution is 2.30. The van der Waals surface area contributed by atoms with Crippen LogP contribution in [0.4, 0.5) is 5.69 Å². The molecule has 154 valence electrons. The fraction of sp³-hybridized carbons (Fsp3) is 0.0952. The summed E-state index contributed by atoms with van der Waals surface area (Å²) in [5.41, 5.74) is 3.73. The number of amides is 1. The van der Waals surface area contributed by atoms with E-state index in [-0.39, 0.29) is 11.7 Å². The van der Waals surface area contributed by atoms with Crippen LogP contribution in [0.2, 0.25) is 0 Å². The van der Waals surface area contributed by atoms with Crippen LogP contribution in [0.25, 0.3) is 33.0 Å². The monoisotopic (exact) mass is 432 g/mol. The van der Waals surface area contributed by atoms with Crippen molar-refractivity contribution in [1.29, 1.82) is 0 Å². The molecule has 0 atom stereocenters. The lowest BCUT2D eigenvalue weighted by Crippen LogP contribution is -2.13. The number of hydrogen-bond acceptors (Lipinski definition) is 7. The van der Waals surface area contributed by atoms with Crippen LogP contribution in [0.5, 0.6) is 0 Å². The van der Waals surface area contributed by atoms with E-state index in [1.165, 1.54) is 0 Å². The number of rotatable bonds is 4. The number of aromatic nitrogens is 5. The van der Waals surface area contributed by atoms with Crippen LogP contribution in [0, 0.1) is 6.92 Å². The Kier molecular flexibility index (Phi) is 4.48. The van der Waals surface area contributed by atoms with E-state index in [1.54, 1.807) is 46.4 Å². The van der Waals surface area contributed by atoms with Gasteiger partial charge in [-0.1, -0.05) is 23.4 Å². The van der Waals surface area contributed by atoms with E-state index in [4.69, 9.17) is 4.98 Å². The first-order valence-corrected chi connectivity index (χ1v) is 10.2. The Bertz CT molecular complexity index is 1480. The summed E-state index contributed by atoms with van der Waals surface area (Å²) < 4.78 is 6.24. The largest absolute Gasteiger partial charge is 0.439 e. The second kappa shape index (κ2) is 7.33. The molecule has 0 spiro atoms. The average Bonchev–Trinajstić information content (AvgIpc) is 3.49. The summed E-state index contributed by atoms with van der Waals surface area (Å²) in [6, 6.07) is 12.7. The number of hydrogen-bond donors (Lipinski definition) is 2. The molecule has 0 aliphatic heterocycles. The molecule has 2 N–H and O–H groups in total. The summed E-state index contributed by atoms with van der Waals surface area (Å²) in [5, 5.41) is 13.7. The van der Waals surface area contributed by atoms with Gasteiger partial charge in [-0.05, 0) is 36.6 Å². The van der Waals surface area contributed by atoms with Crippen molar-refractivity contribution in [2.24, 2.45) is 7.05 Å². The van der Waals surface area contributed by atoms with E-state index in [0.717, 1.165) is 10.6 Å². The van der Waals surface area contributed by atoms with Gasteiger partial charge < -0.3 is 5.32 Å². The van der Waals surface area contributed by atoms with Gasteiger partial charge >= 0.3 is 5.76 Å². The number of thiophene rings is 1. The maximum absolute atomic E-state index is 13.3. The van der Waals surface area contributed by atoms with E-state index in [9.17, 15) is 9.59 Å². The van der Waals surface area contributed by atoms with Crippen molar-refractivity contribution in [3.05, 3.63) is 69.7 Å². The number of carbonyl (C=O) groups excluding carboxylic acids is 1. The zero-order valence-electron chi connectivity index (χ0n) is 16.5. The van der Waals surface area contributed by atoms with Gasteiger partial charge in [-0.3, -0.25) is 19.0 Å². The Morgan fingerprint density at radius 1 is 1.23 bits per heavy atom. The molecule has 1 amide bonds. The number of benzene rings is 1. The number of fused-ring (bicyclic) bond motifs is 1. The summed E-state index contributed by atoms with van der Waals surface area (Å²) in [7, 11) is 1.81. The van der Waals surface area contributed by atoms with E-state index in [1.807, 2.05) is 31.5 Å². The third-order valence-electron chi connectivity index (χ3n) is 4.82. The predicted molar refractivity (Wildman–Crippen MR) is 117 cm³/mol. The smallest absolute Gasteiger partial charge is 0.322 e. The fourth-order valence-corrected chi connectivity index (χ4v) is 4.16. The number of H-pyrrole nitrogens is 1. The van der Waals surface area contributed by atoms with Crippen LogP contribution in [0.15, 0.2) is 57.2 Å². The van der Waals surface area contributed by atoms with Crippen LogP contribution in [-0.2, 0) is 7.05 Å². The Balaban J connectivity index is 1.56. The first-order chi connectivity index (χ1) is 15.0. The summed E-state index contributed by atoms with van der Waals surface area (Å²) in [6.07, 6.45) is 0. The molecule has 4 heterocycles. The Hall–Kier alpha value is -4.05. The molecule has 0 radical (unpaired) electrons. The highest BCUT2D eigenvalue weighted by atomic mass is 32.1. The zero-order valence-corrected chi connectivity index (χ0v) is 17.4. The van der Waals surface area contributed by atoms with E-state index in [2.05, 4.69) is 25.1 Å². The van der Waals surface area contributed by atoms with Crippen molar-refractivity contribution in [3.63, 3.8) is 0 Å². The Labute approximate surface area is 179 Å². The minimum absolute atomic E-state index is 0.285. The molecule has 0 bridgehead atoms. The molecule has 0 fully saturated rings. The minimum atomic E-state index is -0.642. The van der Waals surface area contributed by atoms with Crippen LogP contribution in [-0.4, -0.2) is 30.8 Å². The lowest BCUT2D eigenvalue weighted by Gasteiger charge is -2.09. The Morgan fingerprint density at radius 3 is 2.84 bits per heavy atom. The van der Waals surface area contributed by atoms with Gasteiger partial charge in [0.05, 0.1) is 27.2 Å². The van der Waals surface area contributed by atoms with Gasteiger partial charge in [0.2, 0.25) is 0 Å². The van der Waals surface area contributed by atoms with Crippen molar-refractivity contribution in [1.82, 2.24) is 24.9 Å². The lowest BCUT2D eigenvalue weighted by molar-refractivity contribution is 0.102. The molecular weight excluding hydrogens is 416 g/mol. The molecule has 5 aromatic rings. The van der Waals surface area contributed by atoms with E-state index in [0.29, 0.717) is 33.5 Å². The molecule has 4 aromatic heterocycles. The van der Waals surface area contributed by atoms with Crippen LogP contribution < -0.4 is 11.1 Å². The molecule has 1 aromatic carbocycles. The first kappa shape index (κ1) is 18.9. The molecule has 0 unspecified atom stereocenters. The minimum Gasteiger partial charge on any atom is -0.322 e. The standard InChI is InChI=1S/C21H16N6O3S/c1-11-17-14(10-15(16-7-4-8-31-16)23-19(17)27(2)25-11)20(28)22-13-6-3-5-12(9-13)18-24-21(29)30-26-18/h3-10H,1-2H3,(H,22,28)(H,24,26,29). The van der Waals surface area contributed by atoms with Crippen LogP contribution in [0.3, 0.4) is 0 Å². The topological polar surface area (TPSA) is 119 Å². The van der Waals surface area contributed by atoms with Crippen molar-refractivity contribution in [2.75, 3.05) is 5.32 Å². The molecule has 9 nitrogen and oxygen atoms in total. The van der Waals surface area contributed by atoms with Crippen molar-refractivity contribution >= 4 is 34.0 Å². The molecule has 0 aliphatic rings. The van der Waals surface area contributed by atoms with Gasteiger partial charge in [-0.15, -0.1) is 11.3 Å². The highest BCUT2D eigenvalue weighted by molar-refractivity contribution is 7.13. The molecule has 0 aliphatic carbocycles. The van der Waals surface area contributed by atoms with Gasteiger partial charge in [-0.2, -0.15) is 5.10 Å². The van der Waals surface area contributed by atoms with Crippen molar-refractivity contribution < 1.29 is 9.32 Å². The summed E-state index contributed by atoms with van der Waals surface area (Å²) in [6.45, 7) is 1.85. The molecule has 10 heteroatoms. The number of nitrogens with zero attached hydrogens (tertiary/aromatic N) is 4. The molecule has 0 saturated carbocycles. The number of pyridine rings is 1. The van der Waals surface area contributed by atoms with Gasteiger partial charge in [-0.25, -0.2) is 9.78 Å². The molecule has 31 heavy (non-hydrogen) atoms. The Morgan fingerprint density at radius 2 is 2.10 bits per heavy atom. The second-order valence-electron chi connectivity index (χ2n) is 6.92. The number of aryl methyl sites for hydroxylation is 2. The van der Waals surface area contributed by atoms with Gasteiger partial charge in [0, 0.05) is 18.3 Å². The summed E-state index contributed by atoms with van der Waals surface area (Å²) in [4.78, 5) is 32.7. The third-order valence-corrected chi connectivity index (χ3v) is 5.71. The SMILES string of the molecule is Cc1nn(C)c2nc(-c3cccs3)cc(C(=O)Nc3cccc(-c4noc(=O)[nH]4)c3)c12. The summed E-state index contributed by atoms with van der Waals surface area (Å²) in [5.74, 6) is -0.639. The number of anilines is 1. The third kappa shape index (κ3) is 3.42. The number of nitrogens with one attached hydrogen (secondary N) is 2. The average molecular weight is 432 g/mol. The number of carbonyl (C=O) groups is 1. The number of aromatic amines is 1. The van der Waals surface area contributed by atoms with Gasteiger partial charge in [0.1, 0.15) is 0 Å². The fourth-order valence-electron chi connectivity index (χ4n) is 3.47. The molecule has 5 rings (SSSR count). The predicted octanol–water partition coefficient (Wildman–Crippen LogP) is 3.60. The zero-order chi connectivity index (χ0) is 21.5.